The molecule has 2 rings (SSSR count). The number of urea groups is 1. The maximum absolute atomic E-state index is 12.9. The molecule has 3 N–H and O–H groups in total. The van der Waals surface area contributed by atoms with Crippen LogP contribution in [0.1, 0.15) is 16.7 Å². The maximum Gasteiger partial charge on any atom is 0.416 e. The molecule has 2 aromatic rings. The van der Waals surface area contributed by atoms with Crippen LogP contribution in [-0.2, 0) is 11.0 Å². The van der Waals surface area contributed by atoms with Crippen LogP contribution in [0.15, 0.2) is 36.4 Å². The summed E-state index contributed by atoms with van der Waals surface area (Å²) in [6.45, 7) is 2.80. The summed E-state index contributed by atoms with van der Waals surface area (Å²) < 4.78 is 43.9. The second-order valence-corrected chi connectivity index (χ2v) is 6.09. The summed E-state index contributed by atoms with van der Waals surface area (Å²) in [5, 5.41) is 7.17. The average Bonchev–Trinajstić information content (AvgIpc) is 2.61. The number of rotatable bonds is 5. The van der Waals surface area contributed by atoms with Gasteiger partial charge in [-0.3, -0.25) is 4.79 Å². The first-order chi connectivity index (χ1) is 13.1. The van der Waals surface area contributed by atoms with E-state index in [9.17, 15) is 22.8 Å². The first-order valence-electron chi connectivity index (χ1n) is 8.27. The van der Waals surface area contributed by atoms with Gasteiger partial charge in [0.1, 0.15) is 5.75 Å². The van der Waals surface area contributed by atoms with Gasteiger partial charge < -0.3 is 20.7 Å². The minimum absolute atomic E-state index is 0.0313. The summed E-state index contributed by atoms with van der Waals surface area (Å²) in [6, 6.07) is 7.87. The minimum atomic E-state index is -4.52. The summed E-state index contributed by atoms with van der Waals surface area (Å²) in [7, 11) is 1.46. The number of aryl methyl sites for hydroxylation is 2. The summed E-state index contributed by atoms with van der Waals surface area (Å²) in [5.41, 5.74) is 0.528. The molecule has 0 saturated carbocycles. The zero-order valence-corrected chi connectivity index (χ0v) is 15.5. The van der Waals surface area contributed by atoms with Gasteiger partial charge in [-0.2, -0.15) is 13.2 Å². The van der Waals surface area contributed by atoms with Crippen LogP contribution in [0.2, 0.25) is 0 Å². The van der Waals surface area contributed by atoms with Crippen LogP contribution < -0.4 is 20.7 Å². The van der Waals surface area contributed by atoms with Crippen molar-refractivity contribution in [2.75, 3.05) is 24.3 Å². The van der Waals surface area contributed by atoms with Gasteiger partial charge in [-0.1, -0.05) is 12.1 Å². The number of hydrogen-bond acceptors (Lipinski definition) is 3. The highest BCUT2D eigenvalue weighted by Gasteiger charge is 2.32. The van der Waals surface area contributed by atoms with Gasteiger partial charge in [0.15, 0.2) is 0 Å². The molecule has 0 atom stereocenters. The van der Waals surface area contributed by atoms with Crippen molar-refractivity contribution in [3.8, 4) is 5.75 Å². The number of amides is 3. The Labute approximate surface area is 160 Å². The van der Waals surface area contributed by atoms with Crippen LogP contribution in [-0.4, -0.2) is 25.6 Å². The first-order valence-corrected chi connectivity index (χ1v) is 8.27. The predicted molar refractivity (Wildman–Crippen MR) is 99.6 cm³/mol. The Morgan fingerprint density at radius 1 is 1.04 bits per heavy atom. The van der Waals surface area contributed by atoms with Crippen molar-refractivity contribution in [3.05, 3.63) is 53.1 Å². The highest BCUT2D eigenvalue weighted by atomic mass is 19.4. The van der Waals surface area contributed by atoms with Crippen LogP contribution in [0.4, 0.5) is 29.3 Å². The van der Waals surface area contributed by atoms with E-state index < -0.39 is 23.7 Å². The van der Waals surface area contributed by atoms with Crippen molar-refractivity contribution >= 4 is 23.3 Å². The zero-order valence-electron chi connectivity index (χ0n) is 15.5. The highest BCUT2D eigenvalue weighted by Crippen LogP contribution is 2.33. The number of nitrogens with one attached hydrogen (secondary N) is 3. The Hall–Kier alpha value is -3.23. The van der Waals surface area contributed by atoms with Gasteiger partial charge in [0.25, 0.3) is 0 Å². The van der Waals surface area contributed by atoms with Crippen molar-refractivity contribution in [2.45, 2.75) is 20.0 Å². The average molecular weight is 395 g/mol. The minimum Gasteiger partial charge on any atom is -0.495 e. The molecule has 0 saturated heterocycles. The topological polar surface area (TPSA) is 79.5 Å². The van der Waals surface area contributed by atoms with Crippen molar-refractivity contribution < 1.29 is 27.5 Å². The van der Waals surface area contributed by atoms with E-state index in [2.05, 4.69) is 16.0 Å². The summed E-state index contributed by atoms with van der Waals surface area (Å²) in [6.07, 6.45) is -4.52. The van der Waals surface area contributed by atoms with Gasteiger partial charge in [-0.05, 0) is 49.2 Å². The molecule has 9 heteroatoms. The summed E-state index contributed by atoms with van der Waals surface area (Å²) in [5.74, 6) is -0.0540. The third-order valence-corrected chi connectivity index (χ3v) is 3.84. The quantitative estimate of drug-likeness (QED) is 0.713. The van der Waals surface area contributed by atoms with Gasteiger partial charge in [0.2, 0.25) is 5.91 Å². The summed E-state index contributed by atoms with van der Waals surface area (Å²) >= 11 is 0. The third-order valence-electron chi connectivity index (χ3n) is 3.84. The monoisotopic (exact) mass is 395 g/mol. The maximum atomic E-state index is 12.9. The molecule has 150 valence electrons. The van der Waals surface area contributed by atoms with Crippen LogP contribution in [0.5, 0.6) is 5.75 Å². The molecule has 0 radical (unpaired) electrons. The standard InChI is InChI=1S/C19H20F3N3O3/c1-11-4-7-16(28-3)15(8-11)25-17(26)10-23-18(27)24-13-6-5-12(2)14(9-13)19(20,21)22/h4-9H,10H2,1-3H3,(H,25,26)(H2,23,24,27). The molecule has 0 aromatic heterocycles. The molecule has 28 heavy (non-hydrogen) atoms. The second-order valence-electron chi connectivity index (χ2n) is 6.09. The van der Waals surface area contributed by atoms with Crippen LogP contribution in [0, 0.1) is 13.8 Å². The van der Waals surface area contributed by atoms with Crippen LogP contribution >= 0.6 is 0 Å². The van der Waals surface area contributed by atoms with Gasteiger partial charge >= 0.3 is 12.2 Å². The highest BCUT2D eigenvalue weighted by molar-refractivity contribution is 5.97. The Morgan fingerprint density at radius 2 is 1.75 bits per heavy atom. The smallest absolute Gasteiger partial charge is 0.416 e. The van der Waals surface area contributed by atoms with Crippen molar-refractivity contribution in [1.29, 1.82) is 0 Å². The molecule has 0 bridgehead atoms. The Balaban J connectivity index is 1.94. The van der Waals surface area contributed by atoms with E-state index >= 15 is 0 Å². The number of anilines is 2. The molecule has 6 nitrogen and oxygen atoms in total. The lowest BCUT2D eigenvalue weighted by molar-refractivity contribution is -0.138. The number of ether oxygens (including phenoxy) is 1. The number of halogens is 3. The van der Waals surface area contributed by atoms with Gasteiger partial charge in [-0.25, -0.2) is 4.79 Å². The molecule has 0 heterocycles. The molecule has 0 aliphatic rings. The lowest BCUT2D eigenvalue weighted by Gasteiger charge is -2.14. The number of methoxy groups -OCH3 is 1. The van der Waals surface area contributed by atoms with Gasteiger partial charge in [0, 0.05) is 5.69 Å². The van der Waals surface area contributed by atoms with Gasteiger partial charge in [-0.15, -0.1) is 0 Å². The van der Waals surface area contributed by atoms with E-state index in [1.807, 2.05) is 13.0 Å². The molecule has 0 unspecified atom stereocenters. The number of carbonyl (C=O) groups excluding carboxylic acids is 2. The normalized spacial score (nSPS) is 10.9. The lowest BCUT2D eigenvalue weighted by atomic mass is 10.1. The fourth-order valence-electron chi connectivity index (χ4n) is 2.45. The summed E-state index contributed by atoms with van der Waals surface area (Å²) in [4.78, 5) is 23.9. The first kappa shape index (κ1) is 21.1. The van der Waals surface area contributed by atoms with E-state index in [-0.39, 0.29) is 17.8 Å². The third kappa shape index (κ3) is 5.63. The molecule has 2 aromatic carbocycles. The van der Waals surface area contributed by atoms with Crippen molar-refractivity contribution in [3.63, 3.8) is 0 Å². The Bertz CT molecular complexity index is 882. The van der Waals surface area contributed by atoms with E-state index in [0.29, 0.717) is 11.4 Å². The molecule has 3 amide bonds. The SMILES string of the molecule is COc1ccc(C)cc1NC(=O)CNC(=O)Nc1ccc(C)c(C(F)(F)F)c1. The van der Waals surface area contributed by atoms with E-state index in [4.69, 9.17) is 4.74 Å². The molecule has 0 aliphatic carbocycles. The zero-order chi connectivity index (χ0) is 20.9. The van der Waals surface area contributed by atoms with Crippen molar-refractivity contribution in [1.82, 2.24) is 5.32 Å². The van der Waals surface area contributed by atoms with E-state index in [0.717, 1.165) is 11.6 Å². The van der Waals surface area contributed by atoms with E-state index in [1.165, 1.54) is 26.2 Å². The Kier molecular flexibility index (Phi) is 6.50. The molecule has 0 spiro atoms. The number of carbonyl (C=O) groups is 2. The molecular weight excluding hydrogens is 375 g/mol. The molecular formula is C19H20F3N3O3. The number of alkyl halides is 3. The van der Waals surface area contributed by atoms with Gasteiger partial charge in [0.05, 0.1) is 24.9 Å². The lowest BCUT2D eigenvalue weighted by Crippen LogP contribution is -2.35. The molecule has 0 aliphatic heterocycles. The second kappa shape index (κ2) is 8.64. The fraction of sp³-hybridized carbons (Fsp3) is 0.263. The number of benzene rings is 2. The number of hydrogen-bond donors (Lipinski definition) is 3. The Morgan fingerprint density at radius 3 is 2.39 bits per heavy atom. The van der Waals surface area contributed by atoms with Crippen LogP contribution in [0.25, 0.3) is 0 Å². The van der Waals surface area contributed by atoms with E-state index in [1.54, 1.807) is 12.1 Å². The predicted octanol–water partition coefficient (Wildman–Crippen LogP) is 4.09. The largest absolute Gasteiger partial charge is 0.495 e. The molecule has 0 fully saturated rings. The van der Waals surface area contributed by atoms with Crippen LogP contribution in [0.3, 0.4) is 0 Å². The van der Waals surface area contributed by atoms with Crippen molar-refractivity contribution in [2.24, 2.45) is 0 Å². The fourth-order valence-corrected chi connectivity index (χ4v) is 2.45.